The Morgan fingerprint density at radius 3 is 2.71 bits per heavy atom. The van der Waals surface area contributed by atoms with E-state index in [0.29, 0.717) is 17.3 Å². The van der Waals surface area contributed by atoms with Gasteiger partial charge in [0.25, 0.3) is 0 Å². The Hall–Kier alpha value is -1.26. The summed E-state index contributed by atoms with van der Waals surface area (Å²) in [5, 5.41) is 3.56. The van der Waals surface area contributed by atoms with Crippen molar-refractivity contribution < 1.29 is 9.53 Å². The number of amides is 1. The molecule has 0 aliphatic rings. The molecule has 0 aliphatic heterocycles. The minimum absolute atomic E-state index is 0.198. The maximum Gasteiger partial charge on any atom is 0.245 e. The van der Waals surface area contributed by atoms with Gasteiger partial charge in [-0.15, -0.1) is 0 Å². The number of nitrogens with two attached hydrogens (primary N) is 1. The number of ether oxygens (including phenoxy) is 1. The third-order valence-electron chi connectivity index (χ3n) is 2.42. The standard InChI is InChI=1S/C12H17ClN2O2/c1-3-17-8-12(2,11(14)16)15-10-7-5-4-6-9(10)13/h4-7,15H,3,8H2,1-2H3,(H2,14,16). The average Bonchev–Trinajstić information content (AvgIpc) is 2.29. The summed E-state index contributed by atoms with van der Waals surface area (Å²) in [4.78, 5) is 11.5. The Morgan fingerprint density at radius 2 is 2.18 bits per heavy atom. The molecule has 1 amide bonds. The maximum absolute atomic E-state index is 11.5. The largest absolute Gasteiger partial charge is 0.379 e. The van der Waals surface area contributed by atoms with E-state index in [0.717, 1.165) is 0 Å². The van der Waals surface area contributed by atoms with Gasteiger partial charge in [0.05, 0.1) is 17.3 Å². The van der Waals surface area contributed by atoms with Crippen LogP contribution in [-0.4, -0.2) is 24.7 Å². The Kier molecular flexibility index (Phi) is 4.78. The zero-order chi connectivity index (χ0) is 12.9. The molecule has 0 radical (unpaired) electrons. The number of carbonyl (C=O) groups excluding carboxylic acids is 1. The van der Waals surface area contributed by atoms with Crippen LogP contribution in [0, 0.1) is 0 Å². The van der Waals surface area contributed by atoms with E-state index in [2.05, 4.69) is 5.32 Å². The van der Waals surface area contributed by atoms with E-state index < -0.39 is 11.4 Å². The van der Waals surface area contributed by atoms with E-state index in [1.165, 1.54) is 0 Å². The van der Waals surface area contributed by atoms with Crippen LogP contribution in [0.2, 0.25) is 5.02 Å². The van der Waals surface area contributed by atoms with Crippen LogP contribution >= 0.6 is 11.6 Å². The van der Waals surface area contributed by atoms with E-state index in [1.54, 1.807) is 19.1 Å². The van der Waals surface area contributed by atoms with Gasteiger partial charge < -0.3 is 15.8 Å². The first-order chi connectivity index (χ1) is 7.99. The van der Waals surface area contributed by atoms with Gasteiger partial charge in [-0.1, -0.05) is 23.7 Å². The van der Waals surface area contributed by atoms with Gasteiger partial charge in [-0.25, -0.2) is 0 Å². The fourth-order valence-corrected chi connectivity index (χ4v) is 1.52. The topological polar surface area (TPSA) is 64.3 Å². The van der Waals surface area contributed by atoms with Crippen LogP contribution in [0.25, 0.3) is 0 Å². The lowest BCUT2D eigenvalue weighted by atomic mass is 10.0. The second-order valence-electron chi connectivity index (χ2n) is 3.94. The van der Waals surface area contributed by atoms with Gasteiger partial charge in [-0.3, -0.25) is 4.79 Å². The summed E-state index contributed by atoms with van der Waals surface area (Å²) < 4.78 is 5.27. The van der Waals surface area contributed by atoms with E-state index in [-0.39, 0.29) is 6.61 Å². The molecule has 94 valence electrons. The molecule has 5 heteroatoms. The van der Waals surface area contributed by atoms with Gasteiger partial charge in [0, 0.05) is 6.61 Å². The molecule has 0 bridgehead atoms. The lowest BCUT2D eigenvalue weighted by molar-refractivity contribution is -0.123. The van der Waals surface area contributed by atoms with Gasteiger partial charge in [-0.05, 0) is 26.0 Å². The molecule has 0 aliphatic carbocycles. The minimum Gasteiger partial charge on any atom is -0.379 e. The van der Waals surface area contributed by atoms with Crippen molar-refractivity contribution in [1.82, 2.24) is 0 Å². The molecule has 4 nitrogen and oxygen atoms in total. The lowest BCUT2D eigenvalue weighted by Crippen LogP contribution is -2.51. The molecule has 1 rings (SSSR count). The molecule has 1 aromatic carbocycles. The fourth-order valence-electron chi connectivity index (χ4n) is 1.33. The van der Waals surface area contributed by atoms with E-state index in [1.807, 2.05) is 19.1 Å². The highest BCUT2D eigenvalue weighted by Gasteiger charge is 2.31. The number of para-hydroxylation sites is 1. The highest BCUT2D eigenvalue weighted by atomic mass is 35.5. The van der Waals surface area contributed by atoms with Crippen LogP contribution in [0.4, 0.5) is 5.69 Å². The SMILES string of the molecule is CCOCC(C)(Nc1ccccc1Cl)C(N)=O. The molecule has 0 saturated heterocycles. The Balaban J connectivity index is 2.87. The van der Waals surface area contributed by atoms with Gasteiger partial charge in [0.15, 0.2) is 0 Å². The number of hydrogen-bond donors (Lipinski definition) is 2. The highest BCUT2D eigenvalue weighted by molar-refractivity contribution is 6.33. The van der Waals surface area contributed by atoms with Crippen LogP contribution in [0.3, 0.4) is 0 Å². The number of hydrogen-bond acceptors (Lipinski definition) is 3. The molecule has 0 spiro atoms. The van der Waals surface area contributed by atoms with Gasteiger partial charge in [0.1, 0.15) is 5.54 Å². The Labute approximate surface area is 106 Å². The minimum atomic E-state index is -0.971. The number of anilines is 1. The Bertz CT molecular complexity index is 398. The van der Waals surface area contributed by atoms with Gasteiger partial charge >= 0.3 is 0 Å². The van der Waals surface area contributed by atoms with Crippen LogP contribution < -0.4 is 11.1 Å². The van der Waals surface area contributed by atoms with Crippen molar-refractivity contribution in [1.29, 1.82) is 0 Å². The predicted molar refractivity (Wildman–Crippen MR) is 69.2 cm³/mol. The van der Waals surface area contributed by atoms with Crippen molar-refractivity contribution in [2.45, 2.75) is 19.4 Å². The third kappa shape index (κ3) is 3.61. The first-order valence-corrected chi connectivity index (χ1v) is 5.78. The number of rotatable bonds is 6. The summed E-state index contributed by atoms with van der Waals surface area (Å²) in [5.41, 5.74) is 5.08. The van der Waals surface area contributed by atoms with Crippen molar-refractivity contribution in [2.75, 3.05) is 18.5 Å². The number of nitrogens with one attached hydrogen (secondary N) is 1. The molecular formula is C12H17ClN2O2. The van der Waals surface area contributed by atoms with Crippen molar-refractivity contribution in [3.8, 4) is 0 Å². The zero-order valence-corrected chi connectivity index (χ0v) is 10.8. The summed E-state index contributed by atoms with van der Waals surface area (Å²) in [7, 11) is 0. The smallest absolute Gasteiger partial charge is 0.245 e. The molecule has 1 aromatic rings. The van der Waals surface area contributed by atoms with E-state index in [4.69, 9.17) is 22.1 Å². The lowest BCUT2D eigenvalue weighted by Gasteiger charge is -2.28. The second kappa shape index (κ2) is 5.89. The summed E-state index contributed by atoms with van der Waals surface area (Å²) in [6, 6.07) is 7.18. The van der Waals surface area contributed by atoms with E-state index in [9.17, 15) is 4.79 Å². The van der Waals surface area contributed by atoms with Crippen molar-refractivity contribution in [2.24, 2.45) is 5.73 Å². The molecule has 0 fully saturated rings. The van der Waals surface area contributed by atoms with Crippen LogP contribution in [0.5, 0.6) is 0 Å². The quantitative estimate of drug-likeness (QED) is 0.819. The molecule has 17 heavy (non-hydrogen) atoms. The Morgan fingerprint density at radius 1 is 1.53 bits per heavy atom. The number of halogens is 1. The summed E-state index contributed by atoms with van der Waals surface area (Å²) in [5.74, 6) is -0.481. The first kappa shape index (κ1) is 13.8. The van der Waals surface area contributed by atoms with Crippen LogP contribution in [0.1, 0.15) is 13.8 Å². The number of benzene rings is 1. The molecule has 3 N–H and O–H groups in total. The molecule has 0 saturated carbocycles. The normalized spacial score (nSPS) is 14.1. The van der Waals surface area contributed by atoms with Gasteiger partial charge in [-0.2, -0.15) is 0 Å². The second-order valence-corrected chi connectivity index (χ2v) is 4.35. The number of primary amides is 1. The third-order valence-corrected chi connectivity index (χ3v) is 2.75. The fraction of sp³-hybridized carbons (Fsp3) is 0.417. The molecule has 0 aromatic heterocycles. The summed E-state index contributed by atoms with van der Waals surface area (Å²) in [6.07, 6.45) is 0. The van der Waals surface area contributed by atoms with Gasteiger partial charge in [0.2, 0.25) is 5.91 Å². The summed E-state index contributed by atoms with van der Waals surface area (Å²) >= 11 is 6.01. The molecular weight excluding hydrogens is 240 g/mol. The van der Waals surface area contributed by atoms with Crippen molar-refractivity contribution in [3.63, 3.8) is 0 Å². The maximum atomic E-state index is 11.5. The summed E-state index contributed by atoms with van der Waals surface area (Å²) in [6.45, 7) is 4.27. The van der Waals surface area contributed by atoms with E-state index >= 15 is 0 Å². The highest BCUT2D eigenvalue weighted by Crippen LogP contribution is 2.24. The molecule has 0 heterocycles. The average molecular weight is 257 g/mol. The van der Waals surface area contributed by atoms with Crippen LogP contribution in [0.15, 0.2) is 24.3 Å². The van der Waals surface area contributed by atoms with Crippen LogP contribution in [-0.2, 0) is 9.53 Å². The van der Waals surface area contributed by atoms with Crippen molar-refractivity contribution >= 4 is 23.2 Å². The monoisotopic (exact) mass is 256 g/mol. The molecule has 1 unspecified atom stereocenters. The van der Waals surface area contributed by atoms with Crippen molar-refractivity contribution in [3.05, 3.63) is 29.3 Å². The first-order valence-electron chi connectivity index (χ1n) is 5.40. The molecule has 1 atom stereocenters. The predicted octanol–water partition coefficient (Wildman–Crippen LogP) is 2.03. The zero-order valence-electron chi connectivity index (χ0n) is 10.00. The number of carbonyl (C=O) groups is 1.